The molecular weight excluding hydrogens is 430 g/mol. The number of nitrogens with one attached hydrogen (secondary N) is 1. The van der Waals surface area contributed by atoms with Crippen molar-refractivity contribution in [3.63, 3.8) is 0 Å². The number of furan rings is 1. The van der Waals surface area contributed by atoms with Gasteiger partial charge in [-0.3, -0.25) is 14.2 Å². The third-order valence-electron chi connectivity index (χ3n) is 5.10. The quantitative estimate of drug-likeness (QED) is 0.449. The average molecular weight is 446 g/mol. The van der Waals surface area contributed by atoms with Gasteiger partial charge in [-0.05, 0) is 48.5 Å². The average Bonchev–Trinajstić information content (AvgIpc) is 3.19. The van der Waals surface area contributed by atoms with Gasteiger partial charge in [0.15, 0.2) is 0 Å². The van der Waals surface area contributed by atoms with Gasteiger partial charge < -0.3 is 9.73 Å². The van der Waals surface area contributed by atoms with Crippen molar-refractivity contribution in [2.75, 3.05) is 5.32 Å². The number of fused-ring (bicyclic) bond motifs is 3. The third-order valence-corrected chi connectivity index (χ3v) is 5.35. The summed E-state index contributed by atoms with van der Waals surface area (Å²) < 4.78 is 8.09. The van der Waals surface area contributed by atoms with Crippen LogP contribution in [0.3, 0.4) is 0 Å². The number of nitrogens with zero attached hydrogens (tertiary/aromatic N) is 2. The molecule has 3 aromatic carbocycles. The Morgan fingerprint density at radius 1 is 0.906 bits per heavy atom. The van der Waals surface area contributed by atoms with Crippen LogP contribution in [0.25, 0.3) is 27.8 Å². The lowest BCUT2D eigenvalue weighted by molar-refractivity contribution is -0.116. The van der Waals surface area contributed by atoms with Crippen LogP contribution < -0.4 is 16.6 Å². The first-order valence-electron chi connectivity index (χ1n) is 9.81. The Morgan fingerprint density at radius 3 is 2.34 bits per heavy atom. The Kier molecular flexibility index (Phi) is 4.88. The van der Waals surface area contributed by atoms with Crippen LogP contribution in [0.5, 0.6) is 0 Å². The van der Waals surface area contributed by atoms with Crippen LogP contribution in [0.4, 0.5) is 5.69 Å². The second kappa shape index (κ2) is 7.86. The minimum atomic E-state index is -0.633. The van der Waals surface area contributed by atoms with Crippen molar-refractivity contribution in [1.82, 2.24) is 9.13 Å². The molecule has 0 fully saturated rings. The van der Waals surface area contributed by atoms with E-state index in [1.54, 1.807) is 78.9 Å². The number of para-hydroxylation sites is 2. The maximum atomic E-state index is 13.5. The molecule has 0 aliphatic heterocycles. The summed E-state index contributed by atoms with van der Waals surface area (Å²) in [5.74, 6) is -0.431. The number of amides is 1. The van der Waals surface area contributed by atoms with E-state index in [9.17, 15) is 14.4 Å². The van der Waals surface area contributed by atoms with Gasteiger partial charge in [-0.25, -0.2) is 9.36 Å². The summed E-state index contributed by atoms with van der Waals surface area (Å²) >= 11 is 5.90. The molecule has 158 valence electrons. The summed E-state index contributed by atoms with van der Waals surface area (Å²) in [7, 11) is 0. The van der Waals surface area contributed by atoms with E-state index in [0.717, 1.165) is 4.57 Å². The van der Waals surface area contributed by atoms with E-state index in [-0.39, 0.29) is 17.6 Å². The largest absolute Gasteiger partial charge is 0.449 e. The highest BCUT2D eigenvalue weighted by atomic mass is 35.5. The second-order valence-corrected chi connectivity index (χ2v) is 7.61. The zero-order valence-electron chi connectivity index (χ0n) is 16.6. The second-order valence-electron chi connectivity index (χ2n) is 7.18. The van der Waals surface area contributed by atoms with Crippen molar-refractivity contribution < 1.29 is 9.21 Å². The molecule has 5 rings (SSSR count). The van der Waals surface area contributed by atoms with Crippen molar-refractivity contribution in [2.24, 2.45) is 0 Å². The summed E-state index contributed by atoms with van der Waals surface area (Å²) in [4.78, 5) is 39.5. The highest BCUT2D eigenvalue weighted by Crippen LogP contribution is 2.26. The Morgan fingerprint density at radius 2 is 1.59 bits per heavy atom. The van der Waals surface area contributed by atoms with Gasteiger partial charge in [-0.15, -0.1) is 0 Å². The van der Waals surface area contributed by atoms with Gasteiger partial charge in [0.05, 0.1) is 5.69 Å². The van der Waals surface area contributed by atoms with E-state index >= 15 is 0 Å². The molecule has 2 aromatic heterocycles. The van der Waals surface area contributed by atoms with Crippen molar-refractivity contribution in [2.45, 2.75) is 6.54 Å². The summed E-state index contributed by atoms with van der Waals surface area (Å²) in [5, 5.41) is 3.87. The van der Waals surface area contributed by atoms with Gasteiger partial charge >= 0.3 is 11.2 Å². The summed E-state index contributed by atoms with van der Waals surface area (Å²) in [6, 6.07) is 22.2. The van der Waals surface area contributed by atoms with Crippen LogP contribution in [-0.4, -0.2) is 15.0 Å². The monoisotopic (exact) mass is 445 g/mol. The number of aromatic nitrogens is 2. The van der Waals surface area contributed by atoms with Crippen molar-refractivity contribution >= 4 is 45.3 Å². The van der Waals surface area contributed by atoms with Crippen LogP contribution in [0.15, 0.2) is 92.9 Å². The minimum absolute atomic E-state index is 0.00828. The fourth-order valence-electron chi connectivity index (χ4n) is 3.68. The minimum Gasteiger partial charge on any atom is -0.449 e. The van der Waals surface area contributed by atoms with Crippen LogP contribution in [0, 0.1) is 0 Å². The van der Waals surface area contributed by atoms with Gasteiger partial charge in [0.25, 0.3) is 0 Å². The molecule has 0 saturated carbocycles. The van der Waals surface area contributed by atoms with E-state index in [0.29, 0.717) is 27.4 Å². The van der Waals surface area contributed by atoms with E-state index in [1.807, 2.05) is 0 Å². The SMILES string of the molecule is O=C(Cn1c(=O)n(-c2ccccc2)c(=O)c2oc3ccccc3c21)Nc1ccc(Cl)cc1. The lowest BCUT2D eigenvalue weighted by atomic mass is 10.2. The molecule has 7 nitrogen and oxygen atoms in total. The maximum Gasteiger partial charge on any atom is 0.336 e. The molecule has 0 unspecified atom stereocenters. The number of anilines is 1. The molecule has 8 heteroatoms. The molecule has 0 radical (unpaired) electrons. The first kappa shape index (κ1) is 19.8. The highest BCUT2D eigenvalue weighted by molar-refractivity contribution is 6.30. The summed E-state index contributed by atoms with van der Waals surface area (Å²) in [5.41, 5.74) is 0.460. The smallest absolute Gasteiger partial charge is 0.336 e. The zero-order valence-corrected chi connectivity index (χ0v) is 17.4. The Bertz CT molecular complexity index is 1580. The van der Waals surface area contributed by atoms with Gasteiger partial charge in [0.1, 0.15) is 17.6 Å². The van der Waals surface area contributed by atoms with E-state index in [1.165, 1.54) is 4.57 Å². The normalized spacial score (nSPS) is 11.2. The number of rotatable bonds is 4. The molecule has 5 aromatic rings. The third kappa shape index (κ3) is 3.38. The predicted molar refractivity (Wildman–Crippen MR) is 124 cm³/mol. The Balaban J connectivity index is 1.71. The van der Waals surface area contributed by atoms with E-state index in [2.05, 4.69) is 5.32 Å². The lowest BCUT2D eigenvalue weighted by Gasteiger charge is -2.12. The van der Waals surface area contributed by atoms with Crippen molar-refractivity contribution in [1.29, 1.82) is 0 Å². The molecule has 0 atom stereocenters. The molecule has 0 spiro atoms. The maximum absolute atomic E-state index is 13.5. The first-order valence-corrected chi connectivity index (χ1v) is 10.2. The number of benzene rings is 3. The molecule has 1 amide bonds. The summed E-state index contributed by atoms with van der Waals surface area (Å²) in [6.45, 7) is -0.311. The highest BCUT2D eigenvalue weighted by Gasteiger charge is 2.22. The first-order chi connectivity index (χ1) is 15.5. The predicted octanol–water partition coefficient (Wildman–Crippen LogP) is 4.19. The number of carbonyl (C=O) groups excluding carboxylic acids is 1. The van der Waals surface area contributed by atoms with Crippen LogP contribution >= 0.6 is 11.6 Å². The number of hydrogen-bond acceptors (Lipinski definition) is 4. The fourth-order valence-corrected chi connectivity index (χ4v) is 3.80. The fraction of sp³-hybridized carbons (Fsp3) is 0.0417. The zero-order chi connectivity index (χ0) is 22.2. The molecule has 32 heavy (non-hydrogen) atoms. The van der Waals surface area contributed by atoms with E-state index < -0.39 is 17.2 Å². The van der Waals surface area contributed by atoms with Crippen LogP contribution in [0.1, 0.15) is 0 Å². The molecule has 1 N–H and O–H groups in total. The van der Waals surface area contributed by atoms with Crippen molar-refractivity contribution in [3.05, 3.63) is 105 Å². The van der Waals surface area contributed by atoms with Gasteiger partial charge in [0.2, 0.25) is 11.5 Å². The van der Waals surface area contributed by atoms with Crippen LogP contribution in [0.2, 0.25) is 5.02 Å². The van der Waals surface area contributed by atoms with Gasteiger partial charge in [-0.2, -0.15) is 0 Å². The van der Waals surface area contributed by atoms with Crippen molar-refractivity contribution in [3.8, 4) is 5.69 Å². The topological polar surface area (TPSA) is 86.2 Å². The van der Waals surface area contributed by atoms with E-state index in [4.69, 9.17) is 16.0 Å². The standard InChI is InChI=1S/C24H16ClN3O4/c25-15-10-12-16(13-11-15)26-20(29)14-27-21-18-8-4-5-9-19(18)32-22(21)23(30)28(24(27)31)17-6-2-1-3-7-17/h1-13H,14H2,(H,26,29). The van der Waals surface area contributed by atoms with Gasteiger partial charge in [-0.1, -0.05) is 41.9 Å². The Labute approximate surface area is 186 Å². The number of carbonyl (C=O) groups is 1. The van der Waals surface area contributed by atoms with Crippen LogP contribution in [-0.2, 0) is 11.3 Å². The van der Waals surface area contributed by atoms with Gasteiger partial charge in [0, 0.05) is 16.1 Å². The molecule has 0 saturated heterocycles. The molecule has 0 bridgehead atoms. The molecular formula is C24H16ClN3O4. The number of hydrogen-bond donors (Lipinski definition) is 1. The molecule has 0 aliphatic rings. The lowest BCUT2D eigenvalue weighted by Crippen LogP contribution is -2.40. The molecule has 0 aliphatic carbocycles. The number of halogens is 1. The summed E-state index contributed by atoms with van der Waals surface area (Å²) in [6.07, 6.45) is 0. The Hall–Kier alpha value is -4.10. The molecule has 2 heterocycles.